The van der Waals surface area contributed by atoms with Crippen molar-refractivity contribution in [1.29, 1.82) is 0 Å². The van der Waals surface area contributed by atoms with Crippen LogP contribution >= 0.6 is 0 Å². The molecule has 4 rings (SSSR count). The SMILES string of the molecule is C#C[C@@H]1[C@@H](C)CC[C@@]2(C)[C@H]1CC[C@@H]1[C@@H]2CC[C@]2(C)C(=O)CC[C@@H]12. The van der Waals surface area contributed by atoms with Crippen LogP contribution in [0.3, 0.4) is 0 Å². The second kappa shape index (κ2) is 5.11. The molecular formula is C22H32O. The molecule has 23 heavy (non-hydrogen) atoms. The highest BCUT2D eigenvalue weighted by atomic mass is 16.1. The van der Waals surface area contributed by atoms with E-state index in [1.165, 1.54) is 32.1 Å². The predicted molar refractivity (Wildman–Crippen MR) is 93.6 cm³/mol. The standard InChI is InChI=1S/C22H32O/c1-5-15-14(2)10-12-21(3)17(15)7-6-16-18-8-9-20(23)22(18,4)13-11-19(16)21/h1,14-19H,6-13H2,2-4H3/t14-,15+,16-,17-,18-,19-,21-,22-/m0/s1. The summed E-state index contributed by atoms with van der Waals surface area (Å²) in [4.78, 5) is 12.5. The summed E-state index contributed by atoms with van der Waals surface area (Å²) >= 11 is 0. The number of ketones is 1. The van der Waals surface area contributed by atoms with Crippen LogP contribution < -0.4 is 0 Å². The first-order chi connectivity index (χ1) is 10.9. The lowest BCUT2D eigenvalue weighted by Gasteiger charge is -2.61. The molecule has 0 aliphatic heterocycles. The lowest BCUT2D eigenvalue weighted by molar-refractivity contribution is -0.143. The van der Waals surface area contributed by atoms with E-state index in [4.69, 9.17) is 6.42 Å². The summed E-state index contributed by atoms with van der Waals surface area (Å²) in [5, 5.41) is 0. The maximum absolute atomic E-state index is 12.5. The van der Waals surface area contributed by atoms with Crippen LogP contribution in [0.4, 0.5) is 0 Å². The molecule has 126 valence electrons. The second-order valence-corrected chi connectivity index (χ2v) is 9.69. The van der Waals surface area contributed by atoms with Gasteiger partial charge in [-0.1, -0.05) is 20.8 Å². The molecule has 0 bridgehead atoms. The van der Waals surface area contributed by atoms with Crippen molar-refractivity contribution in [2.24, 2.45) is 46.3 Å². The van der Waals surface area contributed by atoms with E-state index in [2.05, 4.69) is 26.7 Å². The highest BCUT2D eigenvalue weighted by molar-refractivity contribution is 5.87. The molecular weight excluding hydrogens is 280 g/mol. The Bertz CT molecular complexity index is 557. The van der Waals surface area contributed by atoms with Crippen LogP contribution in [0.1, 0.15) is 72.1 Å². The summed E-state index contributed by atoms with van der Waals surface area (Å²) in [5.41, 5.74) is 0.442. The Kier molecular flexibility index (Phi) is 3.50. The summed E-state index contributed by atoms with van der Waals surface area (Å²) in [6, 6.07) is 0. The average molecular weight is 312 g/mol. The van der Waals surface area contributed by atoms with Crippen molar-refractivity contribution < 1.29 is 4.79 Å². The molecule has 1 nitrogen and oxygen atoms in total. The maximum atomic E-state index is 12.5. The van der Waals surface area contributed by atoms with E-state index in [-0.39, 0.29) is 5.41 Å². The van der Waals surface area contributed by atoms with Crippen molar-refractivity contribution in [2.45, 2.75) is 72.1 Å². The van der Waals surface area contributed by atoms with Crippen molar-refractivity contribution in [3.8, 4) is 12.3 Å². The highest BCUT2D eigenvalue weighted by Gasteiger charge is 2.61. The number of rotatable bonds is 0. The Morgan fingerprint density at radius 2 is 1.78 bits per heavy atom. The highest BCUT2D eigenvalue weighted by Crippen LogP contribution is 2.66. The van der Waals surface area contributed by atoms with Gasteiger partial charge in [0, 0.05) is 17.8 Å². The van der Waals surface area contributed by atoms with Gasteiger partial charge in [0.2, 0.25) is 0 Å². The molecule has 8 atom stereocenters. The van der Waals surface area contributed by atoms with Gasteiger partial charge in [0.1, 0.15) is 5.78 Å². The van der Waals surface area contributed by atoms with E-state index in [1.54, 1.807) is 0 Å². The lowest BCUT2D eigenvalue weighted by atomic mass is 9.43. The molecule has 4 fully saturated rings. The Labute approximate surface area is 142 Å². The summed E-state index contributed by atoms with van der Waals surface area (Å²) < 4.78 is 0. The van der Waals surface area contributed by atoms with Crippen molar-refractivity contribution in [3.05, 3.63) is 0 Å². The molecule has 4 aliphatic carbocycles. The zero-order valence-electron chi connectivity index (χ0n) is 15.1. The van der Waals surface area contributed by atoms with Gasteiger partial charge in [-0.05, 0) is 80.0 Å². The van der Waals surface area contributed by atoms with Gasteiger partial charge in [-0.3, -0.25) is 4.79 Å². The Balaban J connectivity index is 1.67. The summed E-state index contributed by atoms with van der Waals surface area (Å²) in [6.45, 7) is 7.21. The monoisotopic (exact) mass is 312 g/mol. The number of Topliss-reactive ketones (excluding diaryl/α,β-unsaturated/α-hetero) is 1. The van der Waals surface area contributed by atoms with Gasteiger partial charge < -0.3 is 0 Å². The van der Waals surface area contributed by atoms with Crippen LogP contribution in [-0.2, 0) is 4.79 Å². The normalized spacial score (nSPS) is 55.5. The smallest absolute Gasteiger partial charge is 0.139 e. The molecule has 0 aromatic carbocycles. The summed E-state index contributed by atoms with van der Waals surface area (Å²) in [6.07, 6.45) is 15.6. The lowest BCUT2D eigenvalue weighted by Crippen LogP contribution is -2.55. The van der Waals surface area contributed by atoms with Crippen LogP contribution in [0.2, 0.25) is 0 Å². The van der Waals surface area contributed by atoms with Gasteiger partial charge in [0.05, 0.1) is 0 Å². The van der Waals surface area contributed by atoms with Crippen LogP contribution in [0, 0.1) is 58.7 Å². The van der Waals surface area contributed by atoms with Crippen molar-refractivity contribution in [1.82, 2.24) is 0 Å². The molecule has 0 heterocycles. The zero-order valence-corrected chi connectivity index (χ0v) is 15.1. The molecule has 0 unspecified atom stereocenters. The molecule has 4 saturated carbocycles. The average Bonchev–Trinajstić information content (AvgIpc) is 2.83. The third-order valence-electron chi connectivity index (χ3n) is 9.03. The number of hydrogen-bond donors (Lipinski definition) is 0. The molecule has 0 aromatic rings. The van der Waals surface area contributed by atoms with Crippen LogP contribution in [0.5, 0.6) is 0 Å². The first-order valence-corrected chi connectivity index (χ1v) is 9.91. The van der Waals surface area contributed by atoms with Gasteiger partial charge in [0.25, 0.3) is 0 Å². The first kappa shape index (κ1) is 15.7. The molecule has 0 spiro atoms. The summed E-state index contributed by atoms with van der Waals surface area (Å²) in [5.74, 6) is 7.90. The fraction of sp³-hybridized carbons (Fsp3) is 0.864. The number of hydrogen-bond acceptors (Lipinski definition) is 1. The van der Waals surface area contributed by atoms with E-state index in [0.717, 1.165) is 37.0 Å². The number of terminal acetylenes is 1. The Hall–Kier alpha value is -0.770. The quantitative estimate of drug-likeness (QED) is 0.569. The van der Waals surface area contributed by atoms with Crippen LogP contribution in [-0.4, -0.2) is 5.78 Å². The molecule has 0 N–H and O–H groups in total. The topological polar surface area (TPSA) is 17.1 Å². The number of carbonyl (C=O) groups excluding carboxylic acids is 1. The molecule has 0 amide bonds. The minimum Gasteiger partial charge on any atom is -0.299 e. The van der Waals surface area contributed by atoms with E-state index < -0.39 is 0 Å². The van der Waals surface area contributed by atoms with E-state index in [1.807, 2.05) is 0 Å². The fourth-order valence-corrected chi connectivity index (χ4v) is 7.61. The number of fused-ring (bicyclic) bond motifs is 5. The largest absolute Gasteiger partial charge is 0.299 e. The van der Waals surface area contributed by atoms with Gasteiger partial charge in [-0.15, -0.1) is 12.3 Å². The maximum Gasteiger partial charge on any atom is 0.139 e. The Morgan fingerprint density at radius 1 is 1.00 bits per heavy atom. The minimum atomic E-state index is 0.0117. The Morgan fingerprint density at radius 3 is 2.52 bits per heavy atom. The summed E-state index contributed by atoms with van der Waals surface area (Å²) in [7, 11) is 0. The van der Waals surface area contributed by atoms with Crippen molar-refractivity contribution >= 4 is 5.78 Å². The van der Waals surface area contributed by atoms with Crippen LogP contribution in [0.15, 0.2) is 0 Å². The molecule has 0 radical (unpaired) electrons. The van der Waals surface area contributed by atoms with Crippen molar-refractivity contribution in [3.63, 3.8) is 0 Å². The van der Waals surface area contributed by atoms with E-state index >= 15 is 0 Å². The molecule has 4 aliphatic rings. The van der Waals surface area contributed by atoms with E-state index in [9.17, 15) is 4.79 Å². The minimum absolute atomic E-state index is 0.0117. The molecule has 0 aromatic heterocycles. The van der Waals surface area contributed by atoms with Crippen molar-refractivity contribution in [2.75, 3.05) is 0 Å². The number of carbonyl (C=O) groups is 1. The van der Waals surface area contributed by atoms with Gasteiger partial charge in [-0.25, -0.2) is 0 Å². The van der Waals surface area contributed by atoms with Crippen LogP contribution in [0.25, 0.3) is 0 Å². The van der Waals surface area contributed by atoms with E-state index in [0.29, 0.717) is 29.0 Å². The fourth-order valence-electron chi connectivity index (χ4n) is 7.61. The van der Waals surface area contributed by atoms with Gasteiger partial charge in [-0.2, -0.15) is 0 Å². The predicted octanol–water partition coefficient (Wildman–Crippen LogP) is 5.09. The molecule has 1 heteroatoms. The second-order valence-electron chi connectivity index (χ2n) is 9.69. The van der Waals surface area contributed by atoms with Gasteiger partial charge >= 0.3 is 0 Å². The third-order valence-corrected chi connectivity index (χ3v) is 9.03. The third kappa shape index (κ3) is 1.96. The molecule has 0 saturated heterocycles. The first-order valence-electron chi connectivity index (χ1n) is 9.91. The van der Waals surface area contributed by atoms with Gasteiger partial charge in [0.15, 0.2) is 0 Å². The zero-order chi connectivity index (χ0) is 16.4.